The zero-order valence-electron chi connectivity index (χ0n) is 16.9. The Morgan fingerprint density at radius 1 is 1.10 bits per heavy atom. The van der Waals surface area contributed by atoms with Crippen LogP contribution < -0.4 is 15.4 Å². The van der Waals surface area contributed by atoms with E-state index in [0.717, 1.165) is 17.5 Å². The number of urea groups is 1. The second-order valence-electron chi connectivity index (χ2n) is 7.06. The van der Waals surface area contributed by atoms with Gasteiger partial charge in [0.1, 0.15) is 5.75 Å². The first-order chi connectivity index (χ1) is 14.0. The number of benzene rings is 2. The third-order valence-corrected chi connectivity index (χ3v) is 4.36. The maximum Gasteiger partial charge on any atom is 0.338 e. The molecule has 1 heterocycles. The highest BCUT2D eigenvalue weighted by atomic mass is 16.5. The van der Waals surface area contributed by atoms with E-state index < -0.39 is 12.0 Å². The predicted octanol–water partition coefficient (Wildman–Crippen LogP) is 4.19. The Balaban J connectivity index is 2.10. The molecule has 1 aliphatic heterocycles. The minimum absolute atomic E-state index is 0.287. The van der Waals surface area contributed by atoms with Gasteiger partial charge in [-0.2, -0.15) is 0 Å². The SMILES string of the molecule is CCCOc1cccc(C2NC(=O)NC(c3ccccc3)=C2C(=O)OC(C)C)c1. The number of hydrogen-bond donors (Lipinski definition) is 2. The van der Waals surface area contributed by atoms with E-state index in [4.69, 9.17) is 9.47 Å². The summed E-state index contributed by atoms with van der Waals surface area (Å²) >= 11 is 0. The number of ether oxygens (including phenoxy) is 2. The molecule has 0 aliphatic carbocycles. The molecular weight excluding hydrogens is 368 g/mol. The number of hydrogen-bond acceptors (Lipinski definition) is 4. The van der Waals surface area contributed by atoms with E-state index in [1.54, 1.807) is 13.8 Å². The van der Waals surface area contributed by atoms with Gasteiger partial charge in [-0.25, -0.2) is 9.59 Å². The highest BCUT2D eigenvalue weighted by Crippen LogP contribution is 2.33. The number of esters is 1. The third-order valence-electron chi connectivity index (χ3n) is 4.36. The lowest BCUT2D eigenvalue weighted by Gasteiger charge is -2.30. The van der Waals surface area contributed by atoms with Gasteiger partial charge in [-0.1, -0.05) is 49.4 Å². The van der Waals surface area contributed by atoms with E-state index in [2.05, 4.69) is 10.6 Å². The lowest BCUT2D eigenvalue weighted by Crippen LogP contribution is -2.45. The van der Waals surface area contributed by atoms with Crippen molar-refractivity contribution in [2.24, 2.45) is 0 Å². The van der Waals surface area contributed by atoms with Crippen LogP contribution in [0.15, 0.2) is 60.2 Å². The number of amides is 2. The van der Waals surface area contributed by atoms with E-state index in [1.807, 2.05) is 61.5 Å². The molecule has 1 atom stereocenters. The minimum atomic E-state index is -0.657. The molecule has 1 aliphatic rings. The Kier molecular flexibility index (Phi) is 6.54. The van der Waals surface area contributed by atoms with Crippen LogP contribution in [0.25, 0.3) is 5.70 Å². The van der Waals surface area contributed by atoms with Gasteiger partial charge in [0.25, 0.3) is 0 Å². The van der Waals surface area contributed by atoms with Gasteiger partial charge >= 0.3 is 12.0 Å². The van der Waals surface area contributed by atoms with Crippen molar-refractivity contribution in [2.75, 3.05) is 6.61 Å². The minimum Gasteiger partial charge on any atom is -0.494 e. The van der Waals surface area contributed by atoms with Crippen LogP contribution in [-0.2, 0) is 9.53 Å². The molecule has 152 valence electrons. The van der Waals surface area contributed by atoms with Gasteiger partial charge in [0.2, 0.25) is 0 Å². The van der Waals surface area contributed by atoms with E-state index in [0.29, 0.717) is 23.6 Å². The zero-order valence-corrected chi connectivity index (χ0v) is 16.9. The van der Waals surface area contributed by atoms with Crippen molar-refractivity contribution in [3.63, 3.8) is 0 Å². The predicted molar refractivity (Wildman–Crippen MR) is 111 cm³/mol. The fraction of sp³-hybridized carbons (Fsp3) is 0.304. The van der Waals surface area contributed by atoms with Crippen molar-refractivity contribution in [1.29, 1.82) is 0 Å². The molecule has 6 heteroatoms. The average Bonchev–Trinajstić information content (AvgIpc) is 2.72. The molecule has 0 bridgehead atoms. The standard InChI is InChI=1S/C23H26N2O4/c1-4-13-28-18-12-8-11-17(14-18)21-19(22(26)29-15(2)3)20(24-23(27)25-21)16-9-6-5-7-10-16/h5-12,14-15,21H,4,13H2,1-3H3,(H2,24,25,27). The van der Waals surface area contributed by atoms with Gasteiger partial charge in [0, 0.05) is 0 Å². The molecule has 2 amide bonds. The molecule has 2 N–H and O–H groups in total. The van der Waals surface area contributed by atoms with Crippen molar-refractivity contribution in [2.45, 2.75) is 39.3 Å². The van der Waals surface area contributed by atoms with E-state index >= 15 is 0 Å². The zero-order chi connectivity index (χ0) is 20.8. The van der Waals surface area contributed by atoms with Crippen molar-refractivity contribution >= 4 is 17.7 Å². The third kappa shape index (κ3) is 4.96. The summed E-state index contributed by atoms with van der Waals surface area (Å²) in [6.45, 7) is 6.22. The van der Waals surface area contributed by atoms with Crippen molar-refractivity contribution < 1.29 is 19.1 Å². The fourth-order valence-corrected chi connectivity index (χ4v) is 3.15. The molecule has 2 aromatic carbocycles. The molecule has 3 rings (SSSR count). The summed E-state index contributed by atoms with van der Waals surface area (Å²) in [7, 11) is 0. The lowest BCUT2D eigenvalue weighted by atomic mass is 9.92. The molecule has 0 fully saturated rings. The van der Waals surface area contributed by atoms with E-state index in [-0.39, 0.29) is 12.1 Å². The summed E-state index contributed by atoms with van der Waals surface area (Å²) in [5.74, 6) is 0.214. The molecule has 0 spiro atoms. The molecule has 0 aromatic heterocycles. The number of rotatable bonds is 7. The normalized spacial score (nSPS) is 16.3. The lowest BCUT2D eigenvalue weighted by molar-refractivity contribution is -0.143. The first-order valence-corrected chi connectivity index (χ1v) is 9.80. The monoisotopic (exact) mass is 394 g/mol. The molecular formula is C23H26N2O4. The van der Waals surface area contributed by atoms with Crippen LogP contribution in [0.2, 0.25) is 0 Å². The first-order valence-electron chi connectivity index (χ1n) is 9.80. The van der Waals surface area contributed by atoms with E-state index in [9.17, 15) is 9.59 Å². The van der Waals surface area contributed by atoms with Crippen LogP contribution in [0.4, 0.5) is 4.79 Å². The van der Waals surface area contributed by atoms with Gasteiger partial charge < -0.3 is 20.1 Å². The molecule has 2 aromatic rings. The van der Waals surface area contributed by atoms with Gasteiger partial charge in [-0.05, 0) is 43.5 Å². The quantitative estimate of drug-likeness (QED) is 0.691. The van der Waals surface area contributed by atoms with Gasteiger partial charge in [0.15, 0.2) is 0 Å². The second kappa shape index (κ2) is 9.28. The maximum atomic E-state index is 13.0. The summed E-state index contributed by atoms with van der Waals surface area (Å²) in [4.78, 5) is 25.5. The van der Waals surface area contributed by atoms with Crippen LogP contribution in [-0.4, -0.2) is 24.7 Å². The summed E-state index contributed by atoms with van der Waals surface area (Å²) in [6, 6.07) is 15.7. The highest BCUT2D eigenvalue weighted by molar-refractivity contribution is 6.04. The number of carbonyl (C=O) groups is 2. The van der Waals surface area contributed by atoms with Gasteiger partial charge in [0.05, 0.1) is 30.0 Å². The van der Waals surface area contributed by atoms with Crippen molar-refractivity contribution in [3.05, 3.63) is 71.3 Å². The Morgan fingerprint density at radius 3 is 2.55 bits per heavy atom. The largest absolute Gasteiger partial charge is 0.494 e. The Labute approximate surface area is 170 Å². The van der Waals surface area contributed by atoms with E-state index in [1.165, 1.54) is 0 Å². The van der Waals surface area contributed by atoms with Crippen molar-refractivity contribution in [3.8, 4) is 5.75 Å². The molecule has 1 unspecified atom stereocenters. The molecule has 6 nitrogen and oxygen atoms in total. The van der Waals surface area contributed by atoms with Crippen LogP contribution in [0, 0.1) is 0 Å². The highest BCUT2D eigenvalue weighted by Gasteiger charge is 2.34. The van der Waals surface area contributed by atoms with Crippen LogP contribution in [0.3, 0.4) is 0 Å². The van der Waals surface area contributed by atoms with Gasteiger partial charge in [-0.3, -0.25) is 0 Å². The smallest absolute Gasteiger partial charge is 0.338 e. The van der Waals surface area contributed by atoms with Crippen LogP contribution >= 0.6 is 0 Å². The molecule has 0 radical (unpaired) electrons. The summed E-state index contributed by atoms with van der Waals surface area (Å²) in [5.41, 5.74) is 2.29. The molecule has 29 heavy (non-hydrogen) atoms. The summed E-state index contributed by atoms with van der Waals surface area (Å²) in [5, 5.41) is 5.64. The summed E-state index contributed by atoms with van der Waals surface area (Å²) in [6.07, 6.45) is 0.600. The molecule has 0 saturated heterocycles. The fourth-order valence-electron chi connectivity index (χ4n) is 3.15. The average molecular weight is 394 g/mol. The van der Waals surface area contributed by atoms with Crippen LogP contribution in [0.5, 0.6) is 5.75 Å². The first kappa shape index (κ1) is 20.5. The Hall–Kier alpha value is -3.28. The Morgan fingerprint density at radius 2 is 1.86 bits per heavy atom. The molecule has 0 saturated carbocycles. The Bertz CT molecular complexity index is 906. The summed E-state index contributed by atoms with van der Waals surface area (Å²) < 4.78 is 11.2. The van der Waals surface area contributed by atoms with Gasteiger partial charge in [-0.15, -0.1) is 0 Å². The second-order valence-corrected chi connectivity index (χ2v) is 7.06. The topological polar surface area (TPSA) is 76.7 Å². The maximum absolute atomic E-state index is 13.0. The number of carbonyl (C=O) groups excluding carboxylic acids is 2. The van der Waals surface area contributed by atoms with Crippen LogP contribution in [0.1, 0.15) is 44.4 Å². The number of nitrogens with one attached hydrogen (secondary N) is 2. The van der Waals surface area contributed by atoms with Crippen molar-refractivity contribution in [1.82, 2.24) is 10.6 Å².